The molecule has 0 aliphatic heterocycles. The molecular formula is C9H10BClO3. The summed E-state index contributed by atoms with van der Waals surface area (Å²) in [6.07, 6.45) is 2.43. The molecule has 1 fully saturated rings. The van der Waals surface area contributed by atoms with Crippen molar-refractivity contribution in [3.8, 4) is 5.75 Å². The van der Waals surface area contributed by atoms with Gasteiger partial charge in [-0.25, -0.2) is 0 Å². The molecule has 1 aliphatic rings. The van der Waals surface area contributed by atoms with Crippen LogP contribution in [0.4, 0.5) is 0 Å². The van der Waals surface area contributed by atoms with Crippen LogP contribution in [0.1, 0.15) is 12.8 Å². The lowest BCUT2D eigenvalue weighted by Crippen LogP contribution is -2.29. The Bertz CT molecular complexity index is 339. The van der Waals surface area contributed by atoms with Crippen molar-refractivity contribution in [1.29, 1.82) is 0 Å². The molecule has 2 N–H and O–H groups in total. The topological polar surface area (TPSA) is 49.7 Å². The fourth-order valence-corrected chi connectivity index (χ4v) is 1.37. The van der Waals surface area contributed by atoms with Gasteiger partial charge in [-0.2, -0.15) is 0 Å². The van der Waals surface area contributed by atoms with E-state index in [2.05, 4.69) is 0 Å². The number of rotatable bonds is 3. The predicted molar refractivity (Wildman–Crippen MR) is 54.9 cm³/mol. The summed E-state index contributed by atoms with van der Waals surface area (Å²) in [5.74, 6) is 0.610. The van der Waals surface area contributed by atoms with E-state index in [0.29, 0.717) is 16.2 Å². The second-order valence-electron chi connectivity index (χ2n) is 3.38. The summed E-state index contributed by atoms with van der Waals surface area (Å²) in [5, 5.41) is 18.2. The van der Waals surface area contributed by atoms with Gasteiger partial charge in [0.25, 0.3) is 0 Å². The van der Waals surface area contributed by atoms with Crippen LogP contribution in [0.3, 0.4) is 0 Å². The van der Waals surface area contributed by atoms with E-state index in [1.165, 1.54) is 6.07 Å². The van der Waals surface area contributed by atoms with E-state index >= 15 is 0 Å². The number of halogens is 1. The zero-order valence-electron chi connectivity index (χ0n) is 7.48. The molecule has 2 rings (SSSR count). The lowest BCUT2D eigenvalue weighted by Gasteiger charge is -2.07. The second-order valence-corrected chi connectivity index (χ2v) is 3.79. The monoisotopic (exact) mass is 212 g/mol. The maximum Gasteiger partial charge on any atom is 0.488 e. The summed E-state index contributed by atoms with van der Waals surface area (Å²) in [5.41, 5.74) is 0.373. The molecule has 0 saturated heterocycles. The number of hydrogen-bond acceptors (Lipinski definition) is 3. The highest BCUT2D eigenvalue weighted by Crippen LogP contribution is 2.30. The maximum atomic E-state index is 8.89. The Morgan fingerprint density at radius 3 is 2.57 bits per heavy atom. The molecule has 1 aliphatic carbocycles. The van der Waals surface area contributed by atoms with Gasteiger partial charge in [0.05, 0.1) is 11.1 Å². The first-order valence-corrected chi connectivity index (χ1v) is 4.87. The second kappa shape index (κ2) is 3.81. The Labute approximate surface area is 87.4 Å². The zero-order chi connectivity index (χ0) is 10.1. The van der Waals surface area contributed by atoms with Crippen LogP contribution in [-0.2, 0) is 0 Å². The van der Waals surface area contributed by atoms with Crippen LogP contribution in [0.25, 0.3) is 0 Å². The normalized spacial score (nSPS) is 15.4. The zero-order valence-corrected chi connectivity index (χ0v) is 8.24. The quantitative estimate of drug-likeness (QED) is 0.720. The van der Waals surface area contributed by atoms with Crippen molar-refractivity contribution in [3.05, 3.63) is 23.2 Å². The van der Waals surface area contributed by atoms with Gasteiger partial charge in [0.15, 0.2) is 0 Å². The highest BCUT2D eigenvalue weighted by Gasteiger charge is 2.24. The highest BCUT2D eigenvalue weighted by molar-refractivity contribution is 6.59. The van der Waals surface area contributed by atoms with E-state index in [1.54, 1.807) is 12.1 Å². The summed E-state index contributed by atoms with van der Waals surface area (Å²) in [6.45, 7) is 0. The molecule has 0 amide bonds. The largest absolute Gasteiger partial charge is 0.489 e. The lowest BCUT2D eigenvalue weighted by molar-refractivity contribution is 0.303. The average molecular weight is 212 g/mol. The van der Waals surface area contributed by atoms with E-state index in [0.717, 1.165) is 12.8 Å². The molecule has 0 aromatic heterocycles. The standard InChI is InChI=1S/C9H10BClO3/c11-8-5-6(10(12)13)1-4-9(8)14-7-2-3-7/h1,4-5,7,12-13H,2-3H2. The number of ether oxygens (including phenoxy) is 1. The number of benzene rings is 1. The molecule has 1 saturated carbocycles. The first-order valence-electron chi connectivity index (χ1n) is 4.49. The molecule has 0 unspecified atom stereocenters. The van der Waals surface area contributed by atoms with Crippen LogP contribution in [0, 0.1) is 0 Å². The summed E-state index contributed by atoms with van der Waals surface area (Å²) >= 11 is 5.90. The molecule has 1 aromatic carbocycles. The van der Waals surface area contributed by atoms with Crippen molar-refractivity contribution in [1.82, 2.24) is 0 Å². The van der Waals surface area contributed by atoms with Gasteiger partial charge < -0.3 is 14.8 Å². The van der Waals surface area contributed by atoms with E-state index in [4.69, 9.17) is 26.4 Å². The highest BCUT2D eigenvalue weighted by atomic mass is 35.5. The summed E-state index contributed by atoms with van der Waals surface area (Å²) in [6, 6.07) is 4.76. The minimum Gasteiger partial charge on any atom is -0.489 e. The molecule has 14 heavy (non-hydrogen) atoms. The molecule has 0 radical (unpaired) electrons. The van der Waals surface area contributed by atoms with Gasteiger partial charge in [-0.05, 0) is 30.4 Å². The minimum atomic E-state index is -1.48. The Morgan fingerprint density at radius 2 is 2.07 bits per heavy atom. The fourth-order valence-electron chi connectivity index (χ4n) is 1.14. The van der Waals surface area contributed by atoms with Crippen molar-refractivity contribution in [2.75, 3.05) is 0 Å². The summed E-state index contributed by atoms with van der Waals surface area (Å²) in [7, 11) is -1.48. The molecule has 0 bridgehead atoms. The van der Waals surface area contributed by atoms with Crippen LogP contribution in [0.2, 0.25) is 5.02 Å². The van der Waals surface area contributed by atoms with Gasteiger partial charge in [-0.1, -0.05) is 17.7 Å². The molecule has 0 spiro atoms. The predicted octanol–water partition coefficient (Wildman–Crippen LogP) is 0.561. The Kier molecular flexibility index (Phi) is 2.68. The molecule has 0 atom stereocenters. The van der Waals surface area contributed by atoms with Gasteiger partial charge >= 0.3 is 7.12 Å². The fraction of sp³-hybridized carbons (Fsp3) is 0.333. The van der Waals surface area contributed by atoms with Crippen LogP contribution in [0.15, 0.2) is 18.2 Å². The SMILES string of the molecule is OB(O)c1ccc(OC2CC2)c(Cl)c1. The van der Waals surface area contributed by atoms with Crippen molar-refractivity contribution in [2.45, 2.75) is 18.9 Å². The van der Waals surface area contributed by atoms with E-state index in [-0.39, 0.29) is 6.10 Å². The third-order valence-corrected chi connectivity index (χ3v) is 2.37. The molecule has 5 heteroatoms. The van der Waals surface area contributed by atoms with Crippen molar-refractivity contribution < 1.29 is 14.8 Å². The third-order valence-electron chi connectivity index (χ3n) is 2.07. The molecule has 0 heterocycles. The Balaban J connectivity index is 2.17. The maximum absolute atomic E-state index is 8.89. The number of hydrogen-bond donors (Lipinski definition) is 2. The minimum absolute atomic E-state index is 0.289. The molecule has 1 aromatic rings. The van der Waals surface area contributed by atoms with Crippen LogP contribution < -0.4 is 10.2 Å². The Morgan fingerprint density at radius 1 is 1.36 bits per heavy atom. The van der Waals surface area contributed by atoms with Gasteiger partial charge in [0.2, 0.25) is 0 Å². The summed E-state index contributed by atoms with van der Waals surface area (Å²) < 4.78 is 5.50. The lowest BCUT2D eigenvalue weighted by atomic mass is 9.80. The summed E-state index contributed by atoms with van der Waals surface area (Å²) in [4.78, 5) is 0. The van der Waals surface area contributed by atoms with Crippen LogP contribution in [0.5, 0.6) is 5.75 Å². The molecule has 3 nitrogen and oxygen atoms in total. The van der Waals surface area contributed by atoms with E-state index < -0.39 is 7.12 Å². The first kappa shape index (κ1) is 9.83. The van der Waals surface area contributed by atoms with Crippen LogP contribution >= 0.6 is 11.6 Å². The third kappa shape index (κ3) is 2.21. The molecule has 74 valence electrons. The van der Waals surface area contributed by atoms with Gasteiger partial charge in [-0.3, -0.25) is 0 Å². The van der Waals surface area contributed by atoms with Crippen molar-refractivity contribution >= 4 is 24.2 Å². The van der Waals surface area contributed by atoms with E-state index in [1.807, 2.05) is 0 Å². The van der Waals surface area contributed by atoms with Gasteiger partial charge in [0.1, 0.15) is 5.75 Å². The van der Waals surface area contributed by atoms with Crippen molar-refractivity contribution in [3.63, 3.8) is 0 Å². The van der Waals surface area contributed by atoms with Gasteiger partial charge in [-0.15, -0.1) is 0 Å². The molecular weight excluding hydrogens is 202 g/mol. The van der Waals surface area contributed by atoms with Crippen LogP contribution in [-0.4, -0.2) is 23.3 Å². The Hall–Kier alpha value is -0.705. The van der Waals surface area contributed by atoms with Gasteiger partial charge in [0, 0.05) is 0 Å². The smallest absolute Gasteiger partial charge is 0.488 e. The average Bonchev–Trinajstić information content (AvgIpc) is 2.92. The van der Waals surface area contributed by atoms with E-state index in [9.17, 15) is 0 Å². The van der Waals surface area contributed by atoms with Crippen molar-refractivity contribution in [2.24, 2.45) is 0 Å². The first-order chi connectivity index (χ1) is 6.66.